The summed E-state index contributed by atoms with van der Waals surface area (Å²) in [6.45, 7) is 2.01. The topological polar surface area (TPSA) is 38.7 Å². The molecular formula is C16H16BrClO3. The Morgan fingerprint density at radius 1 is 1.24 bits per heavy atom. The van der Waals surface area contributed by atoms with E-state index in [0.717, 1.165) is 10.0 Å². The first-order valence-corrected chi connectivity index (χ1v) is 7.61. The minimum absolute atomic E-state index is 0.318. The van der Waals surface area contributed by atoms with Gasteiger partial charge < -0.3 is 14.6 Å². The second kappa shape index (κ2) is 7.16. The molecule has 0 heterocycles. The molecule has 0 aliphatic carbocycles. The van der Waals surface area contributed by atoms with Crippen LogP contribution in [0.2, 0.25) is 5.02 Å². The first kappa shape index (κ1) is 16.1. The van der Waals surface area contributed by atoms with Crippen LogP contribution in [0.15, 0.2) is 40.9 Å². The van der Waals surface area contributed by atoms with Crippen LogP contribution >= 0.6 is 27.5 Å². The first-order valence-electron chi connectivity index (χ1n) is 6.44. The highest BCUT2D eigenvalue weighted by atomic mass is 79.9. The molecule has 2 aromatic rings. The Morgan fingerprint density at radius 3 is 2.62 bits per heavy atom. The molecule has 0 amide bonds. The lowest BCUT2D eigenvalue weighted by molar-refractivity contribution is 0.190. The number of benzene rings is 2. The fraction of sp³-hybridized carbons (Fsp3) is 0.250. The zero-order valence-electron chi connectivity index (χ0n) is 11.8. The summed E-state index contributed by atoms with van der Waals surface area (Å²) in [5, 5.41) is 10.4. The van der Waals surface area contributed by atoms with E-state index in [1.54, 1.807) is 32.2 Å². The largest absolute Gasteiger partial charge is 0.497 e. The van der Waals surface area contributed by atoms with E-state index < -0.39 is 6.10 Å². The third-order valence-electron chi connectivity index (χ3n) is 3.07. The van der Waals surface area contributed by atoms with Crippen molar-refractivity contribution < 1.29 is 14.6 Å². The quantitative estimate of drug-likeness (QED) is 0.825. The van der Waals surface area contributed by atoms with Crippen molar-refractivity contribution in [3.05, 3.63) is 57.0 Å². The van der Waals surface area contributed by atoms with Crippen LogP contribution in [0.5, 0.6) is 11.5 Å². The van der Waals surface area contributed by atoms with Crippen LogP contribution in [0, 0.1) is 0 Å². The van der Waals surface area contributed by atoms with Gasteiger partial charge in [0.2, 0.25) is 0 Å². The highest BCUT2D eigenvalue weighted by Gasteiger charge is 2.11. The predicted molar refractivity (Wildman–Crippen MR) is 87.1 cm³/mol. The molecule has 3 nitrogen and oxygen atoms in total. The summed E-state index contributed by atoms with van der Waals surface area (Å²) in [6.07, 6.45) is -0.619. The maximum atomic E-state index is 9.80. The molecule has 0 saturated carbocycles. The minimum atomic E-state index is -0.619. The van der Waals surface area contributed by atoms with Gasteiger partial charge in [-0.2, -0.15) is 0 Å². The van der Waals surface area contributed by atoms with Crippen molar-refractivity contribution in [1.29, 1.82) is 0 Å². The Balaban J connectivity index is 2.22. The van der Waals surface area contributed by atoms with Crippen LogP contribution in [-0.2, 0) is 6.61 Å². The molecule has 0 radical (unpaired) electrons. The Bertz CT molecular complexity index is 629. The molecule has 2 aromatic carbocycles. The van der Waals surface area contributed by atoms with E-state index in [-0.39, 0.29) is 0 Å². The van der Waals surface area contributed by atoms with Gasteiger partial charge in [-0.15, -0.1) is 0 Å². The predicted octanol–water partition coefficient (Wildman–Crippen LogP) is 4.74. The number of hydrogen-bond acceptors (Lipinski definition) is 3. The van der Waals surface area contributed by atoms with Crippen LogP contribution in [0.4, 0.5) is 0 Å². The molecule has 0 fully saturated rings. The number of hydrogen-bond donors (Lipinski definition) is 1. The molecule has 0 aliphatic rings. The summed E-state index contributed by atoms with van der Waals surface area (Å²) in [6, 6.07) is 11.0. The third-order valence-corrected chi connectivity index (χ3v) is 3.91. The Kier molecular flexibility index (Phi) is 5.51. The average Bonchev–Trinajstić information content (AvgIpc) is 2.45. The molecule has 0 bridgehead atoms. The number of aliphatic hydroxyl groups excluding tert-OH is 1. The van der Waals surface area contributed by atoms with Gasteiger partial charge in [0, 0.05) is 26.7 Å². The molecule has 0 unspecified atom stereocenters. The summed E-state index contributed by atoms with van der Waals surface area (Å²) in [5.41, 5.74) is 1.59. The number of aliphatic hydroxyl groups is 1. The summed E-state index contributed by atoms with van der Waals surface area (Å²) in [7, 11) is 1.59. The molecule has 0 saturated heterocycles. The van der Waals surface area contributed by atoms with Crippen molar-refractivity contribution >= 4 is 27.5 Å². The minimum Gasteiger partial charge on any atom is -0.497 e. The van der Waals surface area contributed by atoms with E-state index in [0.29, 0.717) is 28.7 Å². The number of methoxy groups -OCH3 is 1. The van der Waals surface area contributed by atoms with Crippen LogP contribution < -0.4 is 9.47 Å². The molecular weight excluding hydrogens is 356 g/mol. The SMILES string of the molecule is COc1ccc([C@H](C)O)c(OCc2ccc(Br)cc2Cl)c1. The fourth-order valence-corrected chi connectivity index (χ4v) is 2.63. The van der Waals surface area contributed by atoms with Gasteiger partial charge in [0.05, 0.1) is 13.2 Å². The van der Waals surface area contributed by atoms with Gasteiger partial charge >= 0.3 is 0 Å². The number of halogens is 2. The zero-order chi connectivity index (χ0) is 15.4. The molecule has 2 rings (SSSR count). The smallest absolute Gasteiger partial charge is 0.129 e. The van der Waals surface area contributed by atoms with Gasteiger partial charge in [-0.25, -0.2) is 0 Å². The molecule has 21 heavy (non-hydrogen) atoms. The first-order chi connectivity index (χ1) is 10.0. The van der Waals surface area contributed by atoms with Gasteiger partial charge in [-0.1, -0.05) is 33.6 Å². The Morgan fingerprint density at radius 2 is 2.00 bits per heavy atom. The highest BCUT2D eigenvalue weighted by Crippen LogP contribution is 2.31. The van der Waals surface area contributed by atoms with Gasteiger partial charge in [0.15, 0.2) is 0 Å². The average molecular weight is 372 g/mol. The van der Waals surface area contributed by atoms with Crippen LogP contribution in [0.3, 0.4) is 0 Å². The summed E-state index contributed by atoms with van der Waals surface area (Å²) >= 11 is 9.54. The van der Waals surface area contributed by atoms with E-state index >= 15 is 0 Å². The van der Waals surface area contributed by atoms with Gasteiger partial charge in [0.1, 0.15) is 18.1 Å². The van der Waals surface area contributed by atoms with E-state index in [4.69, 9.17) is 21.1 Å². The fourth-order valence-electron chi connectivity index (χ4n) is 1.91. The van der Waals surface area contributed by atoms with Crippen LogP contribution in [-0.4, -0.2) is 12.2 Å². The molecule has 1 N–H and O–H groups in total. The number of ether oxygens (including phenoxy) is 2. The van der Waals surface area contributed by atoms with E-state index in [1.165, 1.54) is 0 Å². The molecule has 112 valence electrons. The monoisotopic (exact) mass is 370 g/mol. The summed E-state index contributed by atoms with van der Waals surface area (Å²) < 4.78 is 11.9. The van der Waals surface area contributed by atoms with Gasteiger partial charge in [-0.3, -0.25) is 0 Å². The summed E-state index contributed by atoms with van der Waals surface area (Å²) in [5.74, 6) is 1.26. The zero-order valence-corrected chi connectivity index (χ0v) is 14.1. The second-order valence-corrected chi connectivity index (χ2v) is 5.93. The second-order valence-electron chi connectivity index (χ2n) is 4.60. The lowest BCUT2D eigenvalue weighted by Crippen LogP contribution is -2.02. The van der Waals surface area contributed by atoms with Crippen molar-refractivity contribution in [3.63, 3.8) is 0 Å². The third kappa shape index (κ3) is 4.13. The summed E-state index contributed by atoms with van der Waals surface area (Å²) in [4.78, 5) is 0. The molecule has 0 spiro atoms. The Hall–Kier alpha value is -1.23. The molecule has 0 aliphatic heterocycles. The van der Waals surface area contributed by atoms with Crippen LogP contribution in [0.25, 0.3) is 0 Å². The Labute approximate surface area is 137 Å². The van der Waals surface area contributed by atoms with Crippen molar-refractivity contribution in [3.8, 4) is 11.5 Å². The highest BCUT2D eigenvalue weighted by molar-refractivity contribution is 9.10. The van der Waals surface area contributed by atoms with Crippen LogP contribution in [0.1, 0.15) is 24.2 Å². The van der Waals surface area contributed by atoms with E-state index in [9.17, 15) is 5.11 Å². The van der Waals surface area contributed by atoms with Crippen molar-refractivity contribution in [2.45, 2.75) is 19.6 Å². The normalized spacial score (nSPS) is 12.0. The lowest BCUT2D eigenvalue weighted by Gasteiger charge is -2.15. The molecule has 5 heteroatoms. The molecule has 1 atom stereocenters. The van der Waals surface area contributed by atoms with Crippen molar-refractivity contribution in [2.24, 2.45) is 0 Å². The lowest BCUT2D eigenvalue weighted by atomic mass is 10.1. The standard InChI is InChI=1S/C16H16BrClO3/c1-10(19)14-6-5-13(20-2)8-16(14)21-9-11-3-4-12(17)7-15(11)18/h3-8,10,19H,9H2,1-2H3/t10-/m0/s1. The van der Waals surface area contributed by atoms with E-state index in [1.807, 2.05) is 18.2 Å². The van der Waals surface area contributed by atoms with Gasteiger partial charge in [-0.05, 0) is 31.2 Å². The van der Waals surface area contributed by atoms with E-state index in [2.05, 4.69) is 15.9 Å². The number of rotatable bonds is 5. The van der Waals surface area contributed by atoms with Gasteiger partial charge in [0.25, 0.3) is 0 Å². The molecule has 0 aromatic heterocycles. The maximum Gasteiger partial charge on any atom is 0.129 e. The maximum absolute atomic E-state index is 9.80. The van der Waals surface area contributed by atoms with Crippen molar-refractivity contribution in [1.82, 2.24) is 0 Å². The van der Waals surface area contributed by atoms with Crippen molar-refractivity contribution in [2.75, 3.05) is 7.11 Å².